The highest BCUT2D eigenvalue weighted by Crippen LogP contribution is 2.40. The molecule has 1 saturated heterocycles. The first-order valence-electron chi connectivity index (χ1n) is 9.51. The third-order valence-corrected chi connectivity index (χ3v) is 5.34. The van der Waals surface area contributed by atoms with Crippen molar-refractivity contribution in [2.75, 3.05) is 34.4 Å². The number of methoxy groups -OCH3 is 3. The van der Waals surface area contributed by atoms with Crippen molar-refractivity contribution in [3.05, 3.63) is 52.8 Å². The van der Waals surface area contributed by atoms with E-state index in [0.717, 1.165) is 16.7 Å². The highest BCUT2D eigenvalue weighted by Gasteiger charge is 2.34. The summed E-state index contributed by atoms with van der Waals surface area (Å²) in [4.78, 5) is 38.2. The Bertz CT molecular complexity index is 1040. The van der Waals surface area contributed by atoms with E-state index in [0.29, 0.717) is 28.6 Å². The lowest BCUT2D eigenvalue weighted by Crippen LogP contribution is -2.36. The maximum atomic E-state index is 12.7. The second kappa shape index (κ2) is 10.6. The summed E-state index contributed by atoms with van der Waals surface area (Å²) in [5.41, 5.74) is 0.612. The number of furan rings is 1. The van der Waals surface area contributed by atoms with Gasteiger partial charge in [-0.05, 0) is 53.7 Å². The number of rotatable bonds is 9. The van der Waals surface area contributed by atoms with Gasteiger partial charge in [0, 0.05) is 19.2 Å². The summed E-state index contributed by atoms with van der Waals surface area (Å²) in [5.74, 6) is 1.04. The van der Waals surface area contributed by atoms with Crippen LogP contribution < -0.4 is 19.5 Å². The molecule has 0 saturated carbocycles. The molecule has 32 heavy (non-hydrogen) atoms. The number of nitrogens with zero attached hydrogens (tertiary/aromatic N) is 1. The molecule has 0 unspecified atom stereocenters. The van der Waals surface area contributed by atoms with Gasteiger partial charge >= 0.3 is 0 Å². The van der Waals surface area contributed by atoms with Crippen molar-refractivity contribution in [3.63, 3.8) is 0 Å². The van der Waals surface area contributed by atoms with Crippen LogP contribution in [-0.4, -0.2) is 56.4 Å². The lowest BCUT2D eigenvalue weighted by Gasteiger charge is -2.13. The minimum atomic E-state index is -0.436. The number of benzene rings is 1. The zero-order valence-electron chi connectivity index (χ0n) is 17.7. The van der Waals surface area contributed by atoms with Crippen LogP contribution in [0.3, 0.4) is 0 Å². The van der Waals surface area contributed by atoms with E-state index in [1.165, 1.54) is 39.7 Å². The van der Waals surface area contributed by atoms with Crippen LogP contribution in [-0.2, 0) is 9.59 Å². The molecule has 1 aromatic heterocycles. The Labute approximate surface area is 189 Å². The molecule has 0 bridgehead atoms. The lowest BCUT2D eigenvalue weighted by molar-refractivity contribution is -0.123. The van der Waals surface area contributed by atoms with Gasteiger partial charge in [-0.15, -0.1) is 0 Å². The molecule has 1 aromatic carbocycles. The van der Waals surface area contributed by atoms with Crippen molar-refractivity contribution in [1.82, 2.24) is 10.2 Å². The Kier molecular flexibility index (Phi) is 7.61. The largest absolute Gasteiger partial charge is 0.493 e. The fraction of sp³-hybridized carbons (Fsp3) is 0.227. The first kappa shape index (κ1) is 23.0. The zero-order chi connectivity index (χ0) is 23.1. The molecule has 9 nitrogen and oxygen atoms in total. The van der Waals surface area contributed by atoms with Crippen LogP contribution in [0.1, 0.15) is 11.3 Å². The minimum Gasteiger partial charge on any atom is -0.493 e. The number of hydrogen-bond acceptors (Lipinski definition) is 8. The molecule has 3 rings (SSSR count). The van der Waals surface area contributed by atoms with Gasteiger partial charge in [-0.25, -0.2) is 0 Å². The molecule has 1 aliphatic rings. The first-order chi connectivity index (χ1) is 15.5. The van der Waals surface area contributed by atoms with E-state index in [1.54, 1.807) is 30.3 Å². The van der Waals surface area contributed by atoms with Crippen molar-refractivity contribution in [2.45, 2.75) is 0 Å². The monoisotopic (exact) mass is 458 g/mol. The highest BCUT2D eigenvalue weighted by molar-refractivity contribution is 8.18. The Morgan fingerprint density at radius 3 is 2.47 bits per heavy atom. The summed E-state index contributed by atoms with van der Waals surface area (Å²) in [7, 11) is 4.48. The van der Waals surface area contributed by atoms with Crippen LogP contribution in [0.5, 0.6) is 17.2 Å². The number of carbonyl (C=O) groups excluding carboxylic acids is 3. The molecular formula is C22H22N2O7S. The molecule has 0 radical (unpaired) electrons. The van der Waals surface area contributed by atoms with Crippen LogP contribution in [0, 0.1) is 0 Å². The molecule has 0 spiro atoms. The fourth-order valence-corrected chi connectivity index (χ4v) is 3.79. The SMILES string of the molecule is COc1cc(/C=C2\SC(=O)N(CCNC(=O)/C=C/c3ccco3)C2=O)cc(OC)c1OC. The summed E-state index contributed by atoms with van der Waals surface area (Å²) >= 11 is 0.827. The Morgan fingerprint density at radius 1 is 1.16 bits per heavy atom. The maximum Gasteiger partial charge on any atom is 0.293 e. The van der Waals surface area contributed by atoms with Gasteiger partial charge in [-0.1, -0.05) is 0 Å². The van der Waals surface area contributed by atoms with Gasteiger partial charge in [-0.3, -0.25) is 19.3 Å². The minimum absolute atomic E-state index is 0.0532. The molecule has 10 heteroatoms. The average Bonchev–Trinajstić information content (AvgIpc) is 3.40. The van der Waals surface area contributed by atoms with E-state index >= 15 is 0 Å². The number of nitrogens with one attached hydrogen (secondary N) is 1. The molecule has 0 aliphatic carbocycles. The predicted octanol–water partition coefficient (Wildman–Crippen LogP) is 3.17. The Balaban J connectivity index is 1.64. The van der Waals surface area contributed by atoms with E-state index in [2.05, 4.69) is 5.32 Å². The van der Waals surface area contributed by atoms with E-state index in [-0.39, 0.29) is 23.9 Å². The zero-order valence-corrected chi connectivity index (χ0v) is 18.6. The summed E-state index contributed by atoms with van der Waals surface area (Å²) in [5, 5.41) is 2.22. The van der Waals surface area contributed by atoms with Crippen molar-refractivity contribution in [1.29, 1.82) is 0 Å². The van der Waals surface area contributed by atoms with E-state index in [1.807, 2.05) is 0 Å². The van der Waals surface area contributed by atoms with Gasteiger partial charge in [0.1, 0.15) is 5.76 Å². The lowest BCUT2D eigenvalue weighted by atomic mass is 10.1. The third-order valence-electron chi connectivity index (χ3n) is 4.44. The second-order valence-electron chi connectivity index (χ2n) is 6.43. The van der Waals surface area contributed by atoms with Crippen LogP contribution in [0.2, 0.25) is 0 Å². The normalized spacial score (nSPS) is 15.0. The molecule has 2 heterocycles. The Hall–Kier alpha value is -3.66. The first-order valence-corrected chi connectivity index (χ1v) is 10.3. The van der Waals surface area contributed by atoms with Crippen molar-refractivity contribution >= 4 is 41.0 Å². The fourth-order valence-electron chi connectivity index (χ4n) is 2.92. The van der Waals surface area contributed by atoms with Crippen LogP contribution in [0.4, 0.5) is 4.79 Å². The number of carbonyl (C=O) groups is 3. The highest BCUT2D eigenvalue weighted by atomic mass is 32.2. The summed E-state index contributed by atoms with van der Waals surface area (Å²) in [6.45, 7) is 0.175. The average molecular weight is 458 g/mol. The number of imide groups is 1. The number of ether oxygens (including phenoxy) is 3. The molecule has 1 aliphatic heterocycles. The van der Waals surface area contributed by atoms with E-state index in [4.69, 9.17) is 18.6 Å². The number of amides is 3. The third kappa shape index (κ3) is 5.33. The molecule has 1 N–H and O–H groups in total. The molecule has 1 fully saturated rings. The van der Waals surface area contributed by atoms with Crippen molar-refractivity contribution < 1.29 is 33.0 Å². The van der Waals surface area contributed by atoms with Gasteiger partial charge in [-0.2, -0.15) is 0 Å². The summed E-state index contributed by atoms with van der Waals surface area (Å²) in [6, 6.07) is 6.79. The van der Waals surface area contributed by atoms with Crippen LogP contribution in [0.15, 0.2) is 45.9 Å². The smallest absolute Gasteiger partial charge is 0.293 e. The van der Waals surface area contributed by atoms with Gasteiger partial charge < -0.3 is 23.9 Å². The van der Waals surface area contributed by atoms with Crippen LogP contribution in [0.25, 0.3) is 12.2 Å². The quantitative estimate of drug-likeness (QED) is 0.571. The molecule has 2 aromatic rings. The summed E-state index contributed by atoms with van der Waals surface area (Å²) < 4.78 is 21.0. The van der Waals surface area contributed by atoms with Crippen molar-refractivity contribution in [3.8, 4) is 17.2 Å². The number of hydrogen-bond donors (Lipinski definition) is 1. The molecule has 0 atom stereocenters. The van der Waals surface area contributed by atoms with Gasteiger partial charge in [0.05, 0.1) is 32.5 Å². The molecular weight excluding hydrogens is 436 g/mol. The topological polar surface area (TPSA) is 107 Å². The van der Waals surface area contributed by atoms with Crippen LogP contribution >= 0.6 is 11.8 Å². The predicted molar refractivity (Wildman–Crippen MR) is 120 cm³/mol. The maximum absolute atomic E-state index is 12.7. The second-order valence-corrected chi connectivity index (χ2v) is 7.42. The van der Waals surface area contributed by atoms with E-state index in [9.17, 15) is 14.4 Å². The molecule has 3 amide bonds. The molecule has 168 valence electrons. The van der Waals surface area contributed by atoms with Crippen molar-refractivity contribution in [2.24, 2.45) is 0 Å². The summed E-state index contributed by atoms with van der Waals surface area (Å²) in [6.07, 6.45) is 5.93. The van der Waals surface area contributed by atoms with Gasteiger partial charge in [0.2, 0.25) is 11.7 Å². The standard InChI is InChI=1S/C22H22N2O7S/c1-28-16-11-14(12-17(29-2)20(16)30-3)13-18-21(26)24(22(27)32-18)9-8-23-19(25)7-6-15-5-4-10-31-15/h4-7,10-13H,8-9H2,1-3H3,(H,23,25)/b7-6+,18-13-. The van der Waals surface area contributed by atoms with Gasteiger partial charge in [0.25, 0.3) is 11.1 Å². The van der Waals surface area contributed by atoms with E-state index < -0.39 is 11.1 Å². The number of thioether (sulfide) groups is 1. The Morgan fingerprint density at radius 2 is 1.88 bits per heavy atom. The van der Waals surface area contributed by atoms with Gasteiger partial charge in [0.15, 0.2) is 11.5 Å².